The van der Waals surface area contributed by atoms with Gasteiger partial charge in [-0.1, -0.05) is 11.6 Å². The molecule has 0 atom stereocenters. The van der Waals surface area contributed by atoms with Crippen LogP contribution in [0.3, 0.4) is 0 Å². The Morgan fingerprint density at radius 2 is 2.13 bits per heavy atom. The first-order valence-electron chi connectivity index (χ1n) is 6.69. The Labute approximate surface area is 140 Å². The fourth-order valence-corrected chi connectivity index (χ4v) is 3.15. The van der Waals surface area contributed by atoms with Crippen LogP contribution < -0.4 is 16.3 Å². The quantitative estimate of drug-likeness (QED) is 0.791. The molecule has 2 aromatic rings. The third-order valence-electron chi connectivity index (χ3n) is 2.96. The van der Waals surface area contributed by atoms with Gasteiger partial charge in [-0.05, 0) is 18.2 Å². The number of carbonyl (C=O) groups is 1. The number of fused-ring (bicyclic) bond motifs is 3. The number of aliphatic hydroxyl groups excluding tert-OH is 1. The molecule has 4 N–H and O–H groups in total. The van der Waals surface area contributed by atoms with Crippen molar-refractivity contribution < 1.29 is 25.2 Å². The van der Waals surface area contributed by atoms with Crippen LogP contribution in [0.1, 0.15) is 16.1 Å². The highest BCUT2D eigenvalue weighted by Gasteiger charge is 2.22. The maximum Gasteiger partial charge on any atom is 0.190 e. The van der Waals surface area contributed by atoms with Crippen molar-refractivity contribution in [2.24, 2.45) is 0 Å². The summed E-state index contributed by atoms with van der Waals surface area (Å²) in [5, 5.41) is 19.1. The number of carbonyl (C=O) groups excluding carboxylic acids is 1. The standard InChI is InChI=1S/C13H7ClO4S.C2H7NO/c14-6-1-2-11-7(3-6)12-8(5-19-11)9(15)4-10(18-12)13(16)17;3-1-2-4/h1-4H,5H2,(H,16,17);4H,1-3H2. The van der Waals surface area contributed by atoms with E-state index in [9.17, 15) is 14.7 Å². The molecule has 1 aromatic carbocycles. The molecule has 1 aliphatic rings. The maximum absolute atomic E-state index is 11.9. The van der Waals surface area contributed by atoms with E-state index in [4.69, 9.17) is 21.1 Å². The van der Waals surface area contributed by atoms with Gasteiger partial charge in [0.2, 0.25) is 0 Å². The largest absolute Gasteiger partial charge is 0.542 e. The summed E-state index contributed by atoms with van der Waals surface area (Å²) in [5.41, 5.74) is 4.08. The Hall–Kier alpha value is -1.80. The lowest BCUT2D eigenvalue weighted by molar-refractivity contribution is -0.372. The van der Waals surface area contributed by atoms with Crippen molar-refractivity contribution in [2.75, 3.05) is 13.2 Å². The smallest absolute Gasteiger partial charge is 0.190 e. The molecule has 0 unspecified atom stereocenters. The van der Waals surface area contributed by atoms with Gasteiger partial charge >= 0.3 is 0 Å². The highest BCUT2D eigenvalue weighted by Crippen LogP contribution is 2.41. The molecule has 0 fully saturated rings. The summed E-state index contributed by atoms with van der Waals surface area (Å²) in [6, 6.07) is 6.16. The van der Waals surface area contributed by atoms with E-state index in [0.29, 0.717) is 28.4 Å². The molecule has 2 heterocycles. The van der Waals surface area contributed by atoms with E-state index >= 15 is 0 Å². The van der Waals surface area contributed by atoms with Gasteiger partial charge in [-0.3, -0.25) is 4.79 Å². The molecular formula is C15H14ClNO5S. The Bertz CT molecular complexity index is 788. The number of carboxylic acid groups (broad SMARTS) is 1. The average molecular weight is 356 g/mol. The molecule has 0 saturated carbocycles. The van der Waals surface area contributed by atoms with Gasteiger partial charge in [0.15, 0.2) is 11.2 Å². The van der Waals surface area contributed by atoms with E-state index < -0.39 is 11.7 Å². The summed E-state index contributed by atoms with van der Waals surface area (Å²) < 4.78 is 5.29. The fourth-order valence-electron chi connectivity index (χ4n) is 1.93. The first-order chi connectivity index (χ1) is 11.0. The van der Waals surface area contributed by atoms with Crippen molar-refractivity contribution in [3.8, 4) is 11.3 Å². The van der Waals surface area contributed by atoms with E-state index in [1.165, 1.54) is 11.8 Å². The molecule has 1 aromatic heterocycles. The fraction of sp³-hybridized carbons (Fsp3) is 0.200. The van der Waals surface area contributed by atoms with Crippen molar-refractivity contribution in [1.82, 2.24) is 0 Å². The minimum absolute atomic E-state index is 0.208. The number of quaternary nitrogens is 1. The topological polar surface area (TPSA) is 118 Å². The molecule has 0 aliphatic carbocycles. The highest BCUT2D eigenvalue weighted by molar-refractivity contribution is 7.98. The Morgan fingerprint density at radius 1 is 1.43 bits per heavy atom. The molecule has 0 bridgehead atoms. The van der Waals surface area contributed by atoms with Crippen molar-refractivity contribution in [2.45, 2.75) is 10.6 Å². The van der Waals surface area contributed by atoms with Crippen LogP contribution in [0.2, 0.25) is 5.02 Å². The summed E-state index contributed by atoms with van der Waals surface area (Å²) in [4.78, 5) is 23.6. The van der Waals surface area contributed by atoms with Gasteiger partial charge < -0.3 is 25.2 Å². The highest BCUT2D eigenvalue weighted by atomic mass is 35.5. The van der Waals surface area contributed by atoms with Crippen molar-refractivity contribution in [1.29, 1.82) is 0 Å². The predicted octanol–water partition coefficient (Wildman–Crippen LogP) is 0.150. The van der Waals surface area contributed by atoms with E-state index in [1.807, 2.05) is 6.07 Å². The van der Waals surface area contributed by atoms with E-state index in [2.05, 4.69) is 5.73 Å². The number of benzene rings is 1. The number of aliphatic hydroxyl groups is 1. The Kier molecular flexibility index (Phi) is 5.84. The van der Waals surface area contributed by atoms with Gasteiger partial charge in [0.25, 0.3) is 0 Å². The second kappa shape index (κ2) is 7.65. The number of carboxylic acids is 1. The van der Waals surface area contributed by atoms with Gasteiger partial charge in [0, 0.05) is 27.3 Å². The molecule has 3 rings (SSSR count). The number of hydrogen-bond donors (Lipinski definition) is 2. The van der Waals surface area contributed by atoms with Crippen LogP contribution >= 0.6 is 23.4 Å². The van der Waals surface area contributed by atoms with Gasteiger partial charge in [-0.25, -0.2) is 0 Å². The molecule has 122 valence electrons. The van der Waals surface area contributed by atoms with Crippen LogP contribution in [0, 0.1) is 0 Å². The van der Waals surface area contributed by atoms with E-state index in [1.54, 1.807) is 12.1 Å². The summed E-state index contributed by atoms with van der Waals surface area (Å²) in [5.74, 6) is -1.27. The number of rotatable bonds is 2. The maximum atomic E-state index is 11.9. The molecule has 23 heavy (non-hydrogen) atoms. The van der Waals surface area contributed by atoms with Gasteiger partial charge in [-0.15, -0.1) is 11.8 Å². The van der Waals surface area contributed by atoms with Crippen LogP contribution in [-0.4, -0.2) is 24.2 Å². The third-order valence-corrected chi connectivity index (χ3v) is 4.30. The second-order valence-electron chi connectivity index (χ2n) is 4.58. The van der Waals surface area contributed by atoms with Gasteiger partial charge in [0.1, 0.15) is 11.7 Å². The molecule has 1 aliphatic heterocycles. The average Bonchev–Trinajstić information content (AvgIpc) is 2.54. The molecule has 0 radical (unpaired) electrons. The Balaban J connectivity index is 0.000000433. The molecule has 8 heteroatoms. The first-order valence-corrected chi connectivity index (χ1v) is 8.05. The van der Waals surface area contributed by atoms with Crippen LogP contribution in [0.15, 0.2) is 38.4 Å². The molecule has 0 amide bonds. The minimum Gasteiger partial charge on any atom is -0.542 e. The second-order valence-corrected chi connectivity index (χ2v) is 6.03. The van der Waals surface area contributed by atoms with Crippen molar-refractivity contribution in [3.05, 3.63) is 50.8 Å². The normalized spacial score (nSPS) is 11.8. The van der Waals surface area contributed by atoms with Crippen LogP contribution in [0.4, 0.5) is 0 Å². The lowest BCUT2D eigenvalue weighted by Crippen LogP contribution is -2.51. The SMILES string of the molecule is O=C([O-])c1cc(=O)c2c(o1)-c1cc(Cl)ccc1SC2.[NH3+]CCO. The number of aromatic carboxylic acids is 1. The van der Waals surface area contributed by atoms with Crippen LogP contribution in [0.5, 0.6) is 0 Å². The number of halogens is 1. The third kappa shape index (κ3) is 3.94. The first kappa shape index (κ1) is 17.6. The van der Waals surface area contributed by atoms with Crippen LogP contribution in [0.25, 0.3) is 11.3 Å². The predicted molar refractivity (Wildman–Crippen MR) is 84.2 cm³/mol. The summed E-state index contributed by atoms with van der Waals surface area (Å²) in [6.45, 7) is 0.833. The zero-order valence-corrected chi connectivity index (χ0v) is 13.6. The number of hydrogen-bond acceptors (Lipinski definition) is 6. The summed E-state index contributed by atoms with van der Waals surface area (Å²) in [6.07, 6.45) is 0. The number of thioether (sulfide) groups is 1. The summed E-state index contributed by atoms with van der Waals surface area (Å²) >= 11 is 7.41. The van der Waals surface area contributed by atoms with Crippen LogP contribution in [-0.2, 0) is 5.75 Å². The molecule has 0 spiro atoms. The lowest BCUT2D eigenvalue weighted by Gasteiger charge is -2.18. The van der Waals surface area contributed by atoms with Crippen molar-refractivity contribution in [3.63, 3.8) is 0 Å². The van der Waals surface area contributed by atoms with Gasteiger partial charge in [-0.2, -0.15) is 0 Å². The minimum atomic E-state index is -1.51. The zero-order chi connectivity index (χ0) is 17.0. The monoisotopic (exact) mass is 355 g/mol. The lowest BCUT2D eigenvalue weighted by atomic mass is 10.1. The van der Waals surface area contributed by atoms with Crippen molar-refractivity contribution >= 4 is 29.3 Å². The van der Waals surface area contributed by atoms with Gasteiger partial charge in [0.05, 0.1) is 18.7 Å². The zero-order valence-electron chi connectivity index (χ0n) is 12.0. The Morgan fingerprint density at radius 3 is 2.74 bits per heavy atom. The van der Waals surface area contributed by atoms with E-state index in [-0.39, 0.29) is 17.8 Å². The van der Waals surface area contributed by atoms with E-state index in [0.717, 1.165) is 11.0 Å². The molecule has 0 saturated heterocycles. The summed E-state index contributed by atoms with van der Waals surface area (Å²) in [7, 11) is 0. The molecular weight excluding hydrogens is 342 g/mol. The molecule has 6 nitrogen and oxygen atoms in total.